The Balaban J connectivity index is 1.00. The van der Waals surface area contributed by atoms with E-state index >= 15 is 13.6 Å². The molecule has 0 radical (unpaired) electrons. The van der Waals surface area contributed by atoms with E-state index in [1.54, 1.807) is 34.8 Å². The smallest absolute Gasteiger partial charge is 0.270 e. The van der Waals surface area contributed by atoms with Crippen molar-refractivity contribution in [3.8, 4) is 31.6 Å². The molecule has 2 unspecified atom stereocenters. The molecule has 14 rings (SSSR count). The minimum Gasteiger partial charge on any atom is -0.337 e. The van der Waals surface area contributed by atoms with Crippen LogP contribution in [0.1, 0.15) is 402 Å². The van der Waals surface area contributed by atoms with Crippen LogP contribution in [0.2, 0.25) is 10.0 Å². The summed E-state index contributed by atoms with van der Waals surface area (Å²) in [6.45, 7) is 36.7. The van der Waals surface area contributed by atoms with Gasteiger partial charge >= 0.3 is 0 Å². The summed E-state index contributed by atoms with van der Waals surface area (Å²) in [5, 5.41) is 24.2. The second kappa shape index (κ2) is 49.7. The molecule has 2 aliphatic rings. The third-order valence-electron chi connectivity index (χ3n) is 28.3. The molecule has 0 spiro atoms. The van der Waals surface area contributed by atoms with Crippen LogP contribution in [0.3, 0.4) is 0 Å². The van der Waals surface area contributed by atoms with Crippen molar-refractivity contribution < 1.29 is 18.4 Å². The highest BCUT2D eigenvalue weighted by Gasteiger charge is 2.39. The van der Waals surface area contributed by atoms with Crippen molar-refractivity contribution in [2.75, 3.05) is 0 Å². The largest absolute Gasteiger partial charge is 0.337 e. The maximum atomic E-state index is 15.4. The number of unbranched alkanes of at least 4 members (excludes halogenated alkanes) is 34. The zero-order valence-corrected chi connectivity index (χ0v) is 87.1. The van der Waals surface area contributed by atoms with E-state index in [9.17, 15) is 15.3 Å². The van der Waals surface area contributed by atoms with Crippen molar-refractivity contribution in [1.82, 2.24) is 17.9 Å². The minimum absolute atomic E-state index is 0.0445. The number of aromatic nitrogens is 4. The predicted octanol–water partition coefficient (Wildman–Crippen LogP) is 39.1. The molecule has 0 saturated heterocycles. The van der Waals surface area contributed by atoms with Gasteiger partial charge in [0.15, 0.2) is 23.2 Å². The second-order valence-electron chi connectivity index (χ2n) is 37.8. The van der Waals surface area contributed by atoms with Crippen molar-refractivity contribution in [3.05, 3.63) is 158 Å². The summed E-state index contributed by atoms with van der Waals surface area (Å²) >= 11 is 26.0. The molecule has 2 aliphatic carbocycles. The van der Waals surface area contributed by atoms with Gasteiger partial charge in [0, 0.05) is 86.5 Å². The molecular formula is C112H134Cl2F2N8O2S7. The topological polar surface area (TPSA) is 126 Å². The number of benzene rings is 3. The highest BCUT2D eigenvalue weighted by molar-refractivity contribution is 7.37. The van der Waals surface area contributed by atoms with Crippen molar-refractivity contribution in [2.45, 2.75) is 377 Å². The fourth-order valence-corrected chi connectivity index (χ4v) is 30.2. The summed E-state index contributed by atoms with van der Waals surface area (Å²) in [5.74, 6) is -2.33. The number of fused-ring (bicyclic) bond motifs is 16. The first-order valence-electron chi connectivity index (χ1n) is 50.9. The van der Waals surface area contributed by atoms with Crippen molar-refractivity contribution in [3.63, 3.8) is 0 Å². The molecule has 3 aromatic carbocycles. The highest BCUT2D eigenvalue weighted by Crippen LogP contribution is 2.59. The van der Waals surface area contributed by atoms with E-state index in [1.807, 2.05) is 63.6 Å². The number of carbonyl (C=O) groups excluding carboxylic acids is 2. The van der Waals surface area contributed by atoms with Crippen LogP contribution in [-0.4, -0.2) is 29.4 Å². The van der Waals surface area contributed by atoms with E-state index in [1.165, 1.54) is 271 Å². The van der Waals surface area contributed by atoms with Crippen LogP contribution < -0.4 is 0 Å². The van der Waals surface area contributed by atoms with Gasteiger partial charge in [0.25, 0.3) is 11.4 Å². The molecule has 9 heterocycles. The maximum absolute atomic E-state index is 15.4. The van der Waals surface area contributed by atoms with Crippen molar-refractivity contribution in [1.29, 1.82) is 10.5 Å². The summed E-state index contributed by atoms with van der Waals surface area (Å²) in [6.07, 6.45) is 59.1. The molecule has 0 bridgehead atoms. The van der Waals surface area contributed by atoms with Gasteiger partial charge in [-0.05, 0) is 158 Å². The number of Topliss-reactive ketones (excluding diaryl/α,β-unsaturated/α-hetero) is 2. The quantitative estimate of drug-likeness (QED) is 0.0162. The van der Waals surface area contributed by atoms with Gasteiger partial charge in [-0.15, -0.1) is 68.0 Å². The number of aryl methyl sites for hydroxylation is 4. The van der Waals surface area contributed by atoms with E-state index in [4.69, 9.17) is 45.1 Å². The summed E-state index contributed by atoms with van der Waals surface area (Å²) < 4.78 is 55.3. The molecule has 0 amide bonds. The number of thiophene rings is 6. The molecule has 0 N–H and O–H groups in total. The molecule has 704 valence electrons. The molecule has 9 aromatic heterocycles. The number of ketones is 2. The Morgan fingerprint density at radius 1 is 0.406 bits per heavy atom. The Bertz CT molecular complexity index is 6030. The molecule has 21 heteroatoms. The van der Waals surface area contributed by atoms with Gasteiger partial charge in [0.2, 0.25) is 0 Å². The molecule has 0 saturated carbocycles. The normalized spacial score (nSPS) is 14.8. The van der Waals surface area contributed by atoms with Gasteiger partial charge in [0.1, 0.15) is 11.0 Å². The Kier molecular flexibility index (Phi) is 37.9. The monoisotopic (exact) mass is 1950 g/mol. The fraction of sp³-hybridized carbons (Fsp3) is 0.536. The minimum atomic E-state index is -1.15. The van der Waals surface area contributed by atoms with Gasteiger partial charge in [-0.2, -0.15) is 8.75 Å². The Labute approximate surface area is 827 Å². The SMILES string of the molecule is [C-]#[N+]C(C#N)=C1/C(=C/c2sc(-c3sc4c(sc5c6c7nsnc7c7c8sc9c(CCCCCCCCCCC)c(-c%10cc(CCCCCCCCCCC)c(/C=C%11\C(=O)c%12cc(Cl)c(Cl)cc%12\C%11=C(\C#N)[N+]#[C-])s%10)sc9c8n(CC(CC)CCCC)c7c6n(CC(CC)CCCC)c45)c3CCCCCCCCCCC)cc2CCCCCCCCCCC)C(=O)c2cc(F)c(F)cc21. The van der Waals surface area contributed by atoms with Crippen LogP contribution in [0.4, 0.5) is 8.78 Å². The Morgan fingerprint density at radius 3 is 1.08 bits per heavy atom. The first-order chi connectivity index (χ1) is 65.1. The molecule has 0 aliphatic heterocycles. The lowest BCUT2D eigenvalue weighted by Gasteiger charge is -2.20. The third kappa shape index (κ3) is 22.8. The Morgan fingerprint density at radius 2 is 0.729 bits per heavy atom. The van der Waals surface area contributed by atoms with Crippen LogP contribution in [-0.2, 0) is 38.8 Å². The summed E-state index contributed by atoms with van der Waals surface area (Å²) in [5.41, 5.74) is 13.2. The molecule has 12 aromatic rings. The van der Waals surface area contributed by atoms with E-state index < -0.39 is 17.4 Å². The van der Waals surface area contributed by atoms with Crippen LogP contribution in [0, 0.1) is 59.3 Å². The Hall–Kier alpha value is -7.50. The third-order valence-corrected chi connectivity index (χ3v) is 37.4. The number of rotatable bonds is 56. The van der Waals surface area contributed by atoms with Crippen LogP contribution in [0.25, 0.3) is 125 Å². The van der Waals surface area contributed by atoms with Crippen molar-refractivity contribution >= 4 is 210 Å². The highest BCUT2D eigenvalue weighted by atomic mass is 35.5. The predicted molar refractivity (Wildman–Crippen MR) is 573 cm³/mol. The fourth-order valence-electron chi connectivity index (χ4n) is 20.7. The number of carbonyl (C=O) groups is 2. The number of hydrogen-bond donors (Lipinski definition) is 0. The average molecular weight is 1960 g/mol. The first-order valence-corrected chi connectivity index (χ1v) is 57.3. The zero-order valence-electron chi connectivity index (χ0n) is 79.9. The van der Waals surface area contributed by atoms with Gasteiger partial charge < -0.3 is 9.13 Å². The first kappa shape index (κ1) is 101. The molecule has 0 fully saturated rings. The number of allylic oxidation sites excluding steroid dienone is 6. The summed E-state index contributed by atoms with van der Waals surface area (Å²) in [4.78, 5) is 44.0. The lowest BCUT2D eigenvalue weighted by Crippen LogP contribution is -2.13. The molecule has 133 heavy (non-hydrogen) atoms. The molecular weight excluding hydrogens is 1820 g/mol. The van der Waals surface area contributed by atoms with Gasteiger partial charge in [-0.25, -0.2) is 29.0 Å². The number of hydrogen-bond acceptors (Lipinski definition) is 13. The van der Waals surface area contributed by atoms with Crippen molar-refractivity contribution in [2.24, 2.45) is 11.8 Å². The lowest BCUT2D eigenvalue weighted by atomic mass is 9.99. The number of nitriles is 2. The van der Waals surface area contributed by atoms with Crippen LogP contribution in [0.15, 0.2) is 58.9 Å². The average Bonchev–Trinajstić information content (AvgIpc) is 1.50. The van der Waals surface area contributed by atoms with E-state index in [2.05, 4.69) is 92.4 Å². The number of nitrogens with zero attached hydrogens (tertiary/aromatic N) is 8. The zero-order chi connectivity index (χ0) is 93.6. The van der Waals surface area contributed by atoms with E-state index in [0.717, 1.165) is 198 Å². The van der Waals surface area contributed by atoms with E-state index in [-0.39, 0.29) is 49.5 Å². The molecule has 2 atom stereocenters. The van der Waals surface area contributed by atoms with Crippen LogP contribution >= 0.6 is 103 Å². The standard InChI is InChI=1S/C112H134Cl2F2N8O2S7/c1-11-19-25-29-33-37-41-45-49-55-73-59-91(127-89(73)65-81-93(87(67-117)119-9)77-61-83(113)84(114)62-79(77)103(81)125)105-75(57-51-47-43-39-35-31-27-21-13-3)107-111(129-105)101-109(131-107)95-97-98(122-133-121-97)96-100(99(95)123(101)69-71(17-7)53-23-15-5)124(70-72(18-8)54-24-16-6)102-110(96)132-108-76(58-52-48-44-40-36-32-28-22-14-4)106(130-112(102)108)92-60-74(56-50-46-42-38-34-30-26-20-12-2)90(128-92)66-82-94(88(68-118)120-10)78-63-85(115)86(116)64-80(78)104(82)126/h59-66,71-72H,11-58,69-70H2,1-8H3/b81-65-,82-66-,93-87+,94-88?. The summed E-state index contributed by atoms with van der Waals surface area (Å²) in [6, 6.07) is 14.2. The molecule has 10 nitrogen and oxygen atoms in total. The van der Waals surface area contributed by atoms with Gasteiger partial charge in [-0.1, -0.05) is 323 Å². The second-order valence-corrected chi connectivity index (χ2v) is 45.4. The summed E-state index contributed by atoms with van der Waals surface area (Å²) in [7, 11) is 0. The van der Waals surface area contributed by atoms with E-state index in [0.29, 0.717) is 34.1 Å². The van der Waals surface area contributed by atoms with Gasteiger partial charge in [0.05, 0.1) is 97.3 Å². The van der Waals surface area contributed by atoms with Crippen LogP contribution in [0.5, 0.6) is 0 Å². The number of halogens is 4. The maximum Gasteiger partial charge on any atom is 0.270 e. The lowest BCUT2D eigenvalue weighted by molar-refractivity contribution is 0.103. The van der Waals surface area contributed by atoms with Gasteiger partial charge in [-0.3, -0.25) is 9.59 Å².